The largest absolute Gasteiger partial charge is 1.00 e. The van der Waals surface area contributed by atoms with Gasteiger partial charge in [-0.2, -0.15) is 0 Å². The van der Waals surface area contributed by atoms with Crippen molar-refractivity contribution in [3.05, 3.63) is 0 Å². The number of hydrogen-bond donors (Lipinski definition) is 0. The van der Waals surface area contributed by atoms with Crippen molar-refractivity contribution >= 4 is 11.9 Å². The molecule has 0 aromatic carbocycles. The molecule has 0 amide bonds. The maximum Gasteiger partial charge on any atom is 0.306 e. The second-order valence-corrected chi connectivity index (χ2v) is 12.8. The van der Waals surface area contributed by atoms with Gasteiger partial charge in [-0.25, -0.2) is 0 Å². The van der Waals surface area contributed by atoms with Gasteiger partial charge < -0.3 is 26.4 Å². The topological polar surface area (TPSA) is 52.6 Å². The van der Waals surface area contributed by atoms with Crippen LogP contribution in [0.5, 0.6) is 0 Å². The number of likely N-dealkylation sites (N-methyl/N-ethyl adjacent to an activating group) is 1. The summed E-state index contributed by atoms with van der Waals surface area (Å²) in [6.07, 6.45) is 28.3. The predicted octanol–water partition coefficient (Wildman–Crippen LogP) is 7.33. The van der Waals surface area contributed by atoms with Gasteiger partial charge in [-0.15, -0.1) is 0 Å². The van der Waals surface area contributed by atoms with Crippen LogP contribution in [0.15, 0.2) is 0 Å². The van der Waals surface area contributed by atoms with Gasteiger partial charge in [-0.3, -0.25) is 9.59 Å². The lowest BCUT2D eigenvalue weighted by Gasteiger charge is -2.35. The molecule has 0 N–H and O–H groups in total. The summed E-state index contributed by atoms with van der Waals surface area (Å²) in [7, 11) is 2.18. The Morgan fingerprint density at radius 1 is 0.524 bits per heavy atom. The summed E-state index contributed by atoms with van der Waals surface area (Å²) in [6.45, 7) is 11.6. The van der Waals surface area contributed by atoms with Crippen LogP contribution in [0, 0.1) is 0 Å². The van der Waals surface area contributed by atoms with Crippen molar-refractivity contribution in [3.63, 3.8) is 0 Å². The van der Waals surface area contributed by atoms with Gasteiger partial charge in [0.2, 0.25) is 0 Å². The summed E-state index contributed by atoms with van der Waals surface area (Å²) in [5, 5.41) is 0. The van der Waals surface area contributed by atoms with E-state index in [4.69, 9.17) is 9.47 Å². The first-order valence-corrected chi connectivity index (χ1v) is 18.1. The van der Waals surface area contributed by atoms with Gasteiger partial charge in [0.1, 0.15) is 13.2 Å². The molecule has 1 unspecified atom stereocenters. The van der Waals surface area contributed by atoms with Crippen LogP contribution in [-0.2, 0) is 19.1 Å². The fraction of sp³-hybridized carbons (Fsp3) is 0.944. The normalized spacial score (nSPS) is 12.1. The molecule has 5 nitrogen and oxygen atoms in total. The van der Waals surface area contributed by atoms with Crippen molar-refractivity contribution in [1.82, 2.24) is 0 Å². The van der Waals surface area contributed by atoms with Crippen molar-refractivity contribution < 1.29 is 36.0 Å². The van der Waals surface area contributed by atoms with Crippen molar-refractivity contribution in [2.75, 3.05) is 33.3 Å². The van der Waals surface area contributed by atoms with Crippen LogP contribution in [0.3, 0.4) is 0 Å². The Balaban J connectivity index is 0. The molecule has 6 heteroatoms. The number of nitrogens with zero attached hydrogens (tertiary/aromatic N) is 1. The molecular weight excluding hydrogens is 546 g/mol. The predicted molar refractivity (Wildman–Crippen MR) is 175 cm³/mol. The molecule has 1 atom stereocenters. The fourth-order valence-electron chi connectivity index (χ4n) is 5.47. The number of carbonyl (C=O) groups excluding carboxylic acids is 2. The number of hydrogen-bond acceptors (Lipinski definition) is 4. The van der Waals surface area contributed by atoms with Crippen LogP contribution in [0.2, 0.25) is 0 Å². The molecule has 0 fully saturated rings. The lowest BCUT2D eigenvalue weighted by atomic mass is 10.1. The van der Waals surface area contributed by atoms with Gasteiger partial charge >= 0.3 is 11.9 Å². The summed E-state index contributed by atoms with van der Waals surface area (Å²) < 4.78 is 12.3. The Labute approximate surface area is 268 Å². The van der Waals surface area contributed by atoms with Crippen molar-refractivity contribution in [1.29, 1.82) is 0 Å². The quantitative estimate of drug-likeness (QED) is 0.0464. The molecule has 42 heavy (non-hydrogen) atoms. The van der Waals surface area contributed by atoms with E-state index in [0.29, 0.717) is 19.4 Å². The Morgan fingerprint density at radius 2 is 0.857 bits per heavy atom. The molecule has 0 bridgehead atoms. The van der Waals surface area contributed by atoms with Crippen LogP contribution >= 0.6 is 0 Å². The number of halogens is 1. The summed E-state index contributed by atoms with van der Waals surface area (Å²) in [4.78, 5) is 25.1. The second-order valence-electron chi connectivity index (χ2n) is 12.8. The first-order valence-electron chi connectivity index (χ1n) is 18.1. The minimum Gasteiger partial charge on any atom is -1.00 e. The molecule has 0 aliphatic heterocycles. The van der Waals surface area contributed by atoms with E-state index in [1.807, 2.05) is 0 Å². The third-order valence-electron chi connectivity index (χ3n) is 8.87. The Hall–Kier alpha value is -0.810. The van der Waals surface area contributed by atoms with Gasteiger partial charge in [0, 0.05) is 12.8 Å². The third kappa shape index (κ3) is 28.0. The molecule has 0 aliphatic rings. The van der Waals surface area contributed by atoms with Crippen LogP contribution in [0.4, 0.5) is 0 Å². The lowest BCUT2D eigenvalue weighted by molar-refractivity contribution is -0.908. The Morgan fingerprint density at radius 3 is 1.21 bits per heavy atom. The van der Waals surface area contributed by atoms with Crippen molar-refractivity contribution in [2.24, 2.45) is 0 Å². The van der Waals surface area contributed by atoms with Crippen LogP contribution < -0.4 is 12.4 Å². The highest BCUT2D eigenvalue weighted by Gasteiger charge is 2.27. The maximum absolute atomic E-state index is 12.6. The highest BCUT2D eigenvalue weighted by Crippen LogP contribution is 2.15. The highest BCUT2D eigenvalue weighted by molar-refractivity contribution is 5.70. The number of unbranched alkanes of at least 4 members (excludes halogenated alkanes) is 20. The number of carbonyl (C=O) groups is 2. The smallest absolute Gasteiger partial charge is 0.306 e. The van der Waals surface area contributed by atoms with Crippen LogP contribution in [0.25, 0.3) is 0 Å². The van der Waals surface area contributed by atoms with Crippen LogP contribution in [0.1, 0.15) is 182 Å². The summed E-state index contributed by atoms with van der Waals surface area (Å²) in [5.41, 5.74) is 0. The minimum absolute atomic E-state index is 0. The number of quaternary nitrogens is 1. The third-order valence-corrected chi connectivity index (χ3v) is 8.87. The molecule has 0 aliphatic carbocycles. The summed E-state index contributed by atoms with van der Waals surface area (Å²) >= 11 is 0. The molecule has 0 radical (unpaired) electrons. The molecule has 0 aromatic heterocycles. The lowest BCUT2D eigenvalue weighted by Crippen LogP contribution is -3.00. The molecule has 0 saturated carbocycles. The van der Waals surface area contributed by atoms with E-state index >= 15 is 0 Å². The zero-order valence-electron chi connectivity index (χ0n) is 28.8. The first-order chi connectivity index (χ1) is 19.9. The van der Waals surface area contributed by atoms with E-state index in [-0.39, 0.29) is 37.1 Å². The fourth-order valence-corrected chi connectivity index (χ4v) is 5.47. The minimum atomic E-state index is -0.374. The summed E-state index contributed by atoms with van der Waals surface area (Å²) in [6, 6.07) is 0. The van der Waals surface area contributed by atoms with Gasteiger partial charge in [0.25, 0.3) is 0 Å². The molecule has 0 rings (SSSR count). The number of esters is 2. The number of rotatable bonds is 31. The van der Waals surface area contributed by atoms with E-state index in [0.717, 1.165) is 43.3 Å². The van der Waals surface area contributed by atoms with Crippen LogP contribution in [-0.4, -0.2) is 55.8 Å². The molecule has 0 heterocycles. The molecule has 0 aromatic rings. The average Bonchev–Trinajstić information content (AvgIpc) is 2.97. The maximum atomic E-state index is 12.6. The van der Waals surface area contributed by atoms with E-state index in [1.165, 1.54) is 116 Å². The summed E-state index contributed by atoms with van der Waals surface area (Å²) in [5.74, 6) is -0.305. The standard InChI is InChI=1S/C36H72NO4.ClH/c1-6-10-12-14-16-18-20-22-24-26-28-30-35(38)40-33-34(32-37(5,8-3)9-4)41-36(39)31-29-27-25-23-21-19-17-15-13-11-7-2;/h34H,6-33H2,1-5H3;1H/q+1;/p-1. The monoisotopic (exact) mass is 618 g/mol. The van der Waals surface area contributed by atoms with E-state index in [1.54, 1.807) is 0 Å². The second kappa shape index (κ2) is 31.6. The van der Waals surface area contributed by atoms with E-state index < -0.39 is 0 Å². The Bertz CT molecular complexity index is 597. The van der Waals surface area contributed by atoms with Gasteiger partial charge in [0.05, 0.1) is 20.1 Å². The molecule has 252 valence electrons. The molecule has 0 spiro atoms. The van der Waals surface area contributed by atoms with Gasteiger partial charge in [-0.05, 0) is 26.7 Å². The zero-order valence-corrected chi connectivity index (χ0v) is 29.6. The highest BCUT2D eigenvalue weighted by atomic mass is 35.5. The Kier molecular flexibility index (Phi) is 32.6. The molecular formula is C36H72ClNO4. The van der Waals surface area contributed by atoms with Crippen molar-refractivity contribution in [2.45, 2.75) is 188 Å². The van der Waals surface area contributed by atoms with E-state index in [2.05, 4.69) is 34.7 Å². The number of ether oxygens (including phenoxy) is 2. The van der Waals surface area contributed by atoms with E-state index in [9.17, 15) is 9.59 Å². The SMILES string of the molecule is CCCCCCCCCCCCCC(=O)OCC(C[N+](C)(CC)CC)OC(=O)CCCCCCCCCCCCC.[Cl-]. The van der Waals surface area contributed by atoms with Gasteiger partial charge in [-0.1, -0.05) is 142 Å². The molecule has 0 saturated heterocycles. The average molecular weight is 618 g/mol. The van der Waals surface area contributed by atoms with Crippen molar-refractivity contribution in [3.8, 4) is 0 Å². The first kappa shape index (κ1) is 43.3. The van der Waals surface area contributed by atoms with Gasteiger partial charge in [0.15, 0.2) is 6.10 Å². The zero-order chi connectivity index (χ0) is 30.4.